The number of para-hydroxylation sites is 1. The Morgan fingerprint density at radius 1 is 1.06 bits per heavy atom. The fourth-order valence-electron chi connectivity index (χ4n) is 5.32. The van der Waals surface area contributed by atoms with E-state index in [1.54, 1.807) is 15.8 Å². The Morgan fingerprint density at radius 3 is 2.54 bits per heavy atom. The molecule has 2 saturated heterocycles. The molecular formula is C26H27N7O2. The fraction of sp³-hybridized carbons (Fsp3) is 0.308. The number of rotatable bonds is 3. The first-order chi connectivity index (χ1) is 17.0. The number of H-pyrrole nitrogens is 1. The van der Waals surface area contributed by atoms with Crippen LogP contribution in [0, 0.1) is 6.92 Å². The van der Waals surface area contributed by atoms with E-state index >= 15 is 0 Å². The minimum absolute atomic E-state index is 0.0168. The maximum atomic E-state index is 14.0. The van der Waals surface area contributed by atoms with Crippen molar-refractivity contribution in [3.05, 3.63) is 72.1 Å². The lowest BCUT2D eigenvalue weighted by Crippen LogP contribution is -2.57. The van der Waals surface area contributed by atoms with Crippen LogP contribution in [0.2, 0.25) is 0 Å². The third-order valence-corrected chi connectivity index (χ3v) is 7.45. The molecule has 0 bridgehead atoms. The molecule has 6 rings (SSSR count). The van der Waals surface area contributed by atoms with Crippen molar-refractivity contribution in [2.24, 2.45) is 7.05 Å². The molecule has 1 spiro atoms. The number of piperidine rings is 1. The van der Waals surface area contributed by atoms with E-state index in [-0.39, 0.29) is 11.8 Å². The number of aromatic amines is 1. The molecule has 2 aliphatic heterocycles. The molecule has 0 unspecified atom stereocenters. The molecule has 0 atom stereocenters. The summed E-state index contributed by atoms with van der Waals surface area (Å²) in [6.07, 6.45) is 2.84. The first-order valence-corrected chi connectivity index (χ1v) is 11.8. The van der Waals surface area contributed by atoms with E-state index in [0.29, 0.717) is 44.0 Å². The van der Waals surface area contributed by atoms with Crippen LogP contribution < -0.4 is 9.80 Å². The van der Waals surface area contributed by atoms with E-state index in [1.165, 1.54) is 0 Å². The summed E-state index contributed by atoms with van der Waals surface area (Å²) in [4.78, 5) is 33.1. The number of fused-ring (bicyclic) bond motifs is 1. The molecule has 35 heavy (non-hydrogen) atoms. The molecule has 2 aromatic heterocycles. The Hall–Kier alpha value is -4.14. The van der Waals surface area contributed by atoms with Crippen LogP contribution in [0.25, 0.3) is 10.9 Å². The van der Waals surface area contributed by atoms with Crippen molar-refractivity contribution in [3.8, 4) is 0 Å². The molecule has 1 N–H and O–H groups in total. The summed E-state index contributed by atoms with van der Waals surface area (Å²) < 4.78 is 1.79. The zero-order chi connectivity index (χ0) is 24.2. The molecule has 4 aromatic rings. The van der Waals surface area contributed by atoms with Gasteiger partial charge in [0.25, 0.3) is 11.8 Å². The number of aromatic nitrogens is 4. The van der Waals surface area contributed by atoms with Crippen molar-refractivity contribution < 1.29 is 9.59 Å². The zero-order valence-corrected chi connectivity index (χ0v) is 19.8. The van der Waals surface area contributed by atoms with Gasteiger partial charge >= 0.3 is 0 Å². The number of anilines is 2. The molecule has 9 nitrogen and oxygen atoms in total. The van der Waals surface area contributed by atoms with Gasteiger partial charge in [-0.2, -0.15) is 10.2 Å². The fourth-order valence-corrected chi connectivity index (χ4v) is 5.32. The van der Waals surface area contributed by atoms with Crippen molar-refractivity contribution >= 4 is 34.2 Å². The van der Waals surface area contributed by atoms with Crippen molar-refractivity contribution in [2.75, 3.05) is 29.6 Å². The molecule has 9 heteroatoms. The minimum atomic E-state index is -0.710. The summed E-state index contributed by atoms with van der Waals surface area (Å²) in [7, 11) is 1.88. The predicted octanol–water partition coefficient (Wildman–Crippen LogP) is 3.09. The molecule has 2 amide bonds. The van der Waals surface area contributed by atoms with Gasteiger partial charge in [-0.25, -0.2) is 0 Å². The normalized spacial score (nSPS) is 17.7. The largest absolute Gasteiger partial charge is 0.338 e. The van der Waals surface area contributed by atoms with Gasteiger partial charge < -0.3 is 9.80 Å². The van der Waals surface area contributed by atoms with E-state index in [0.717, 1.165) is 22.3 Å². The van der Waals surface area contributed by atoms with E-state index in [4.69, 9.17) is 0 Å². The highest BCUT2D eigenvalue weighted by atomic mass is 16.2. The smallest absolute Gasteiger partial charge is 0.255 e. The number of likely N-dealkylation sites (tertiary alicyclic amines) is 1. The molecular weight excluding hydrogens is 442 g/mol. The third kappa shape index (κ3) is 3.38. The number of aryl methyl sites for hydroxylation is 2. The van der Waals surface area contributed by atoms with E-state index in [9.17, 15) is 9.59 Å². The van der Waals surface area contributed by atoms with Gasteiger partial charge in [-0.15, -0.1) is 0 Å². The summed E-state index contributed by atoms with van der Waals surface area (Å²) in [5.74, 6) is 0.697. The second-order valence-corrected chi connectivity index (χ2v) is 9.40. The average molecular weight is 470 g/mol. The number of nitrogens with one attached hydrogen (secondary N) is 1. The molecule has 2 fully saturated rings. The van der Waals surface area contributed by atoms with Gasteiger partial charge in [0, 0.05) is 48.5 Å². The van der Waals surface area contributed by atoms with Gasteiger partial charge in [0.05, 0.1) is 11.7 Å². The first kappa shape index (κ1) is 21.4. The second-order valence-electron chi connectivity index (χ2n) is 9.40. The zero-order valence-electron chi connectivity index (χ0n) is 19.8. The predicted molar refractivity (Wildman–Crippen MR) is 133 cm³/mol. The Labute approximate surface area is 202 Å². The molecule has 0 saturated carbocycles. The quantitative estimate of drug-likeness (QED) is 0.498. The van der Waals surface area contributed by atoms with Crippen LogP contribution in [0.1, 0.15) is 28.9 Å². The standard InChI is InChI=1S/C26H27N7O2/c1-18-14-23(29-30(18)2)32-17-33(21-6-4-3-5-7-21)26(25(32)35)10-12-31(13-11-26)24(34)19-8-9-22-20(15-19)16-27-28-22/h3-9,14-16H,10-13,17H2,1-2H3,(H,27,28). The molecule has 0 radical (unpaired) electrons. The van der Waals surface area contributed by atoms with Crippen molar-refractivity contribution in [3.63, 3.8) is 0 Å². The van der Waals surface area contributed by atoms with Crippen LogP contribution in [0.15, 0.2) is 60.8 Å². The highest BCUT2D eigenvalue weighted by Crippen LogP contribution is 2.41. The Balaban J connectivity index is 1.29. The molecule has 178 valence electrons. The maximum absolute atomic E-state index is 14.0. The van der Waals surface area contributed by atoms with E-state index < -0.39 is 5.54 Å². The number of carbonyl (C=O) groups is 2. The first-order valence-electron chi connectivity index (χ1n) is 11.8. The van der Waals surface area contributed by atoms with Gasteiger partial charge in [-0.1, -0.05) is 18.2 Å². The average Bonchev–Trinajstić information content (AvgIpc) is 3.56. The van der Waals surface area contributed by atoms with Crippen LogP contribution in [0.3, 0.4) is 0 Å². The SMILES string of the molecule is Cc1cc(N2CN(c3ccccc3)C3(CCN(C(=O)c4ccc5[nH]ncc5c4)CC3)C2=O)nn1C. The number of amides is 2. The number of nitrogens with zero attached hydrogens (tertiary/aromatic N) is 6. The summed E-state index contributed by atoms with van der Waals surface area (Å²) >= 11 is 0. The Kier molecular flexibility index (Phi) is 4.87. The molecule has 2 aromatic carbocycles. The number of carbonyl (C=O) groups excluding carboxylic acids is 2. The lowest BCUT2D eigenvalue weighted by molar-refractivity contribution is -0.122. The second kappa shape index (κ2) is 7.97. The number of hydrogen-bond donors (Lipinski definition) is 1. The van der Waals surface area contributed by atoms with E-state index in [2.05, 4.69) is 20.2 Å². The minimum Gasteiger partial charge on any atom is -0.338 e. The summed E-state index contributed by atoms with van der Waals surface area (Å²) in [5, 5.41) is 12.4. The van der Waals surface area contributed by atoms with Gasteiger partial charge in [-0.05, 0) is 50.1 Å². The van der Waals surface area contributed by atoms with Crippen molar-refractivity contribution in [2.45, 2.75) is 25.3 Å². The Morgan fingerprint density at radius 2 is 1.83 bits per heavy atom. The van der Waals surface area contributed by atoms with Gasteiger partial charge in [0.15, 0.2) is 5.82 Å². The summed E-state index contributed by atoms with van der Waals surface area (Å²) in [6, 6.07) is 17.6. The van der Waals surface area contributed by atoms with Crippen LogP contribution in [-0.4, -0.2) is 62.0 Å². The van der Waals surface area contributed by atoms with Crippen LogP contribution in [-0.2, 0) is 11.8 Å². The highest BCUT2D eigenvalue weighted by Gasteiger charge is 2.55. The van der Waals surface area contributed by atoms with Gasteiger partial charge in [-0.3, -0.25) is 24.3 Å². The summed E-state index contributed by atoms with van der Waals surface area (Å²) in [6.45, 7) is 3.43. The number of benzene rings is 2. The highest BCUT2D eigenvalue weighted by molar-refractivity contribution is 6.06. The molecule has 4 heterocycles. The lowest BCUT2D eigenvalue weighted by Gasteiger charge is -2.43. The molecule has 2 aliphatic rings. The van der Waals surface area contributed by atoms with Crippen molar-refractivity contribution in [1.29, 1.82) is 0 Å². The lowest BCUT2D eigenvalue weighted by atomic mass is 9.85. The third-order valence-electron chi connectivity index (χ3n) is 7.45. The molecule has 0 aliphatic carbocycles. The van der Waals surface area contributed by atoms with E-state index in [1.807, 2.05) is 73.5 Å². The maximum Gasteiger partial charge on any atom is 0.255 e. The topological polar surface area (TPSA) is 90.4 Å². The van der Waals surface area contributed by atoms with Gasteiger partial charge in [0.2, 0.25) is 0 Å². The number of hydrogen-bond acceptors (Lipinski definition) is 5. The van der Waals surface area contributed by atoms with Crippen LogP contribution in [0.4, 0.5) is 11.5 Å². The Bertz CT molecular complexity index is 1400. The van der Waals surface area contributed by atoms with Gasteiger partial charge in [0.1, 0.15) is 12.2 Å². The van der Waals surface area contributed by atoms with Crippen LogP contribution >= 0.6 is 0 Å². The van der Waals surface area contributed by atoms with Crippen molar-refractivity contribution in [1.82, 2.24) is 24.9 Å². The monoisotopic (exact) mass is 469 g/mol. The summed E-state index contributed by atoms with van der Waals surface area (Å²) in [5.41, 5.74) is 2.83. The van der Waals surface area contributed by atoms with Crippen LogP contribution in [0.5, 0.6) is 0 Å².